The van der Waals surface area contributed by atoms with Crippen molar-refractivity contribution in [2.45, 2.75) is 97.2 Å². The molecule has 10 heteroatoms. The Balaban J connectivity index is 0.00000104. The molecule has 1 saturated carbocycles. The fourth-order valence-corrected chi connectivity index (χ4v) is 8.20. The Kier molecular flexibility index (Phi) is 14.0. The van der Waals surface area contributed by atoms with Gasteiger partial charge in [0, 0.05) is 29.6 Å². The van der Waals surface area contributed by atoms with E-state index in [-0.39, 0.29) is 18.3 Å². The largest absolute Gasteiger partial charge is 0.491 e. The Morgan fingerprint density at radius 3 is 2.38 bits per heavy atom. The molecular formula is C35H51ClN2O6S. The third kappa shape index (κ3) is 9.38. The van der Waals surface area contributed by atoms with Gasteiger partial charge in [0.05, 0.1) is 17.5 Å². The second kappa shape index (κ2) is 17.2. The van der Waals surface area contributed by atoms with E-state index in [0.717, 1.165) is 61.7 Å². The fraction of sp³-hybridized carbons (Fsp3) is 0.600. The zero-order valence-electron chi connectivity index (χ0n) is 27.4. The van der Waals surface area contributed by atoms with E-state index in [1.165, 1.54) is 30.4 Å². The lowest BCUT2D eigenvalue weighted by molar-refractivity contribution is -0.122. The van der Waals surface area contributed by atoms with Crippen LogP contribution in [-0.4, -0.2) is 50.9 Å². The van der Waals surface area contributed by atoms with E-state index >= 15 is 0 Å². The van der Waals surface area contributed by atoms with Crippen molar-refractivity contribution in [1.29, 1.82) is 0 Å². The molecule has 2 aromatic rings. The number of rotatable bonds is 3. The predicted octanol–water partition coefficient (Wildman–Crippen LogP) is 7.69. The van der Waals surface area contributed by atoms with Crippen molar-refractivity contribution in [1.82, 2.24) is 4.72 Å². The Morgan fingerprint density at radius 1 is 1.02 bits per heavy atom. The summed E-state index contributed by atoms with van der Waals surface area (Å²) in [6.07, 6.45) is 8.63. The molecule has 250 valence electrons. The molecule has 1 fully saturated rings. The molecule has 8 nitrogen and oxygen atoms in total. The first-order chi connectivity index (χ1) is 21.6. The summed E-state index contributed by atoms with van der Waals surface area (Å²) in [5.74, 6) is 1.58. The minimum absolute atomic E-state index is 0.0197. The van der Waals surface area contributed by atoms with E-state index < -0.39 is 21.2 Å². The number of amides is 1. The first kappa shape index (κ1) is 36.7. The molecule has 45 heavy (non-hydrogen) atoms. The Bertz CT molecular complexity index is 1380. The molecule has 3 unspecified atom stereocenters. The van der Waals surface area contributed by atoms with Crippen molar-refractivity contribution in [2.24, 2.45) is 17.8 Å². The van der Waals surface area contributed by atoms with E-state index in [9.17, 15) is 13.2 Å². The Labute approximate surface area is 274 Å². The van der Waals surface area contributed by atoms with Crippen LogP contribution in [0.3, 0.4) is 0 Å². The summed E-state index contributed by atoms with van der Waals surface area (Å²) in [5, 5.41) is 7.00. The first-order valence-electron chi connectivity index (χ1n) is 16.5. The van der Waals surface area contributed by atoms with Gasteiger partial charge in [-0.3, -0.25) is 9.59 Å². The number of nitrogens with one attached hydrogen (secondary N) is 1. The van der Waals surface area contributed by atoms with Gasteiger partial charge >= 0.3 is 0 Å². The molecule has 3 aliphatic rings. The molecule has 1 amide bonds. The number of nitrogens with zero attached hydrogens (tertiary/aromatic N) is 1. The highest BCUT2D eigenvalue weighted by Crippen LogP contribution is 2.43. The molecule has 0 spiro atoms. The van der Waals surface area contributed by atoms with Gasteiger partial charge in [0.1, 0.15) is 5.75 Å². The summed E-state index contributed by atoms with van der Waals surface area (Å²) in [5.41, 5.74) is 3.74. The Hall–Kier alpha value is -2.78. The van der Waals surface area contributed by atoms with Gasteiger partial charge in [-0.15, -0.1) is 0 Å². The average molecular weight is 663 g/mol. The average Bonchev–Trinajstić information content (AvgIpc) is 3.18. The standard InChI is InChI=1S/C32H43ClN2O4S.C2H6.CH2O2/c1-4-7-24-16-28(33)13-14-29(24)27-19-35-18-26-11-10-23(26)9-6-5-8-21(2)22(3)40(37,38)34-32(36)25-12-15-31(39-20-27)30(35)17-25;1-2;2-1-3/h12-17,21-23,26-27H,4-11,18-20H2,1-3H3,(H,34,36);1-2H3;1H,(H,2,3)/t21-,22?,23?,26?,27-;;/m0../s1. The van der Waals surface area contributed by atoms with Gasteiger partial charge in [-0.05, 0) is 91.8 Å². The van der Waals surface area contributed by atoms with E-state index in [2.05, 4.69) is 28.7 Å². The lowest BCUT2D eigenvalue weighted by Crippen LogP contribution is -2.41. The van der Waals surface area contributed by atoms with Gasteiger partial charge in [-0.1, -0.05) is 71.0 Å². The van der Waals surface area contributed by atoms with Gasteiger partial charge in [0.25, 0.3) is 12.4 Å². The lowest BCUT2D eigenvalue weighted by atomic mass is 9.70. The van der Waals surface area contributed by atoms with Crippen molar-refractivity contribution in [3.63, 3.8) is 0 Å². The number of sulfonamides is 1. The molecular weight excluding hydrogens is 612 g/mol. The number of carbonyl (C=O) groups is 2. The van der Waals surface area contributed by atoms with Crippen LogP contribution in [0.1, 0.15) is 107 Å². The maximum atomic E-state index is 13.2. The highest BCUT2D eigenvalue weighted by Gasteiger charge is 2.36. The Morgan fingerprint density at radius 2 is 1.71 bits per heavy atom. The minimum atomic E-state index is -3.80. The first-order valence-corrected chi connectivity index (χ1v) is 18.4. The third-order valence-corrected chi connectivity index (χ3v) is 11.7. The topological polar surface area (TPSA) is 113 Å². The number of aryl methyl sites for hydroxylation is 1. The molecule has 2 aliphatic heterocycles. The highest BCUT2D eigenvalue weighted by atomic mass is 35.5. The molecule has 0 aromatic heterocycles. The van der Waals surface area contributed by atoms with Crippen LogP contribution in [0.5, 0.6) is 5.75 Å². The van der Waals surface area contributed by atoms with Gasteiger partial charge < -0.3 is 14.7 Å². The van der Waals surface area contributed by atoms with Crippen LogP contribution >= 0.6 is 11.6 Å². The molecule has 2 aromatic carbocycles. The van der Waals surface area contributed by atoms with E-state index in [1.807, 2.05) is 39.0 Å². The van der Waals surface area contributed by atoms with Gasteiger partial charge in [0.2, 0.25) is 10.0 Å². The molecule has 0 radical (unpaired) electrons. The zero-order valence-corrected chi connectivity index (χ0v) is 29.0. The minimum Gasteiger partial charge on any atom is -0.491 e. The molecule has 2 bridgehead atoms. The number of halogens is 1. The number of fused-ring (bicyclic) bond motifs is 2. The summed E-state index contributed by atoms with van der Waals surface area (Å²) in [7, 11) is -3.80. The van der Waals surface area contributed by atoms with Gasteiger partial charge in [-0.2, -0.15) is 0 Å². The zero-order chi connectivity index (χ0) is 33.1. The summed E-state index contributed by atoms with van der Waals surface area (Å²) >= 11 is 6.38. The van der Waals surface area contributed by atoms with Crippen LogP contribution in [0, 0.1) is 17.8 Å². The van der Waals surface area contributed by atoms with Crippen molar-refractivity contribution in [3.05, 3.63) is 58.1 Å². The molecule has 0 saturated heterocycles. The highest BCUT2D eigenvalue weighted by molar-refractivity contribution is 7.90. The van der Waals surface area contributed by atoms with Gasteiger partial charge in [-0.25, -0.2) is 13.1 Å². The van der Waals surface area contributed by atoms with Gasteiger partial charge in [0.15, 0.2) is 0 Å². The number of benzene rings is 2. The fourth-order valence-electron chi connectivity index (χ4n) is 6.69. The predicted molar refractivity (Wildman–Crippen MR) is 182 cm³/mol. The summed E-state index contributed by atoms with van der Waals surface area (Å²) in [4.78, 5) is 24.0. The van der Waals surface area contributed by atoms with E-state index in [1.54, 1.807) is 13.0 Å². The SMILES string of the molecule is CC.CCCc1cc(Cl)ccc1[C@@H]1COc2ccc3cc2N(CC2CCC2CCCC[C@H](C)C(C)S(=O)(=O)NC3=O)C1.O=CO. The molecule has 2 N–H and O–H groups in total. The number of hydrogen-bond donors (Lipinski definition) is 2. The second-order valence-corrected chi connectivity index (χ2v) is 14.8. The maximum absolute atomic E-state index is 13.2. The number of anilines is 1. The third-order valence-electron chi connectivity index (χ3n) is 9.55. The number of hydrogen-bond acceptors (Lipinski definition) is 6. The van der Waals surface area contributed by atoms with Crippen LogP contribution in [-0.2, 0) is 21.2 Å². The van der Waals surface area contributed by atoms with Crippen molar-refractivity contribution < 1.29 is 27.9 Å². The van der Waals surface area contributed by atoms with E-state index in [0.29, 0.717) is 24.0 Å². The number of carboxylic acid groups (broad SMARTS) is 1. The van der Waals surface area contributed by atoms with E-state index in [4.69, 9.17) is 26.2 Å². The van der Waals surface area contributed by atoms with Crippen molar-refractivity contribution in [3.8, 4) is 5.75 Å². The monoisotopic (exact) mass is 662 g/mol. The molecule has 5 atom stereocenters. The molecule has 2 heterocycles. The summed E-state index contributed by atoms with van der Waals surface area (Å²) in [6, 6.07) is 11.5. The smallest absolute Gasteiger partial charge is 0.290 e. The normalized spacial score (nSPS) is 26.0. The second-order valence-electron chi connectivity index (χ2n) is 12.3. The quantitative estimate of drug-likeness (QED) is 0.324. The maximum Gasteiger partial charge on any atom is 0.290 e. The van der Waals surface area contributed by atoms with Crippen LogP contribution in [0.15, 0.2) is 36.4 Å². The summed E-state index contributed by atoms with van der Waals surface area (Å²) in [6.45, 7) is 11.8. The van der Waals surface area contributed by atoms with Crippen molar-refractivity contribution >= 4 is 39.7 Å². The van der Waals surface area contributed by atoms with Crippen LogP contribution in [0.25, 0.3) is 0 Å². The molecule has 1 aliphatic carbocycles. The summed E-state index contributed by atoms with van der Waals surface area (Å²) < 4.78 is 35.0. The van der Waals surface area contributed by atoms with Crippen LogP contribution < -0.4 is 14.4 Å². The van der Waals surface area contributed by atoms with Crippen molar-refractivity contribution in [2.75, 3.05) is 24.6 Å². The van der Waals surface area contributed by atoms with Crippen LogP contribution in [0.4, 0.5) is 5.69 Å². The number of carbonyl (C=O) groups excluding carboxylic acids is 1. The molecule has 5 rings (SSSR count). The number of ether oxygens (including phenoxy) is 1. The lowest BCUT2D eigenvalue weighted by Gasteiger charge is -2.41. The van der Waals surface area contributed by atoms with Crippen LogP contribution in [0.2, 0.25) is 5.02 Å².